The Hall–Kier alpha value is -1.71. The summed E-state index contributed by atoms with van der Waals surface area (Å²) in [4.78, 5) is 0. The molecule has 0 aromatic heterocycles. The van der Waals surface area contributed by atoms with E-state index >= 15 is 0 Å². The van der Waals surface area contributed by atoms with Gasteiger partial charge in [0.15, 0.2) is 0 Å². The van der Waals surface area contributed by atoms with Gasteiger partial charge in [0.1, 0.15) is 0 Å². The van der Waals surface area contributed by atoms with Gasteiger partial charge >= 0.3 is 0 Å². The second-order valence-corrected chi connectivity index (χ2v) is 7.97. The number of nitrogens with zero attached hydrogens (tertiary/aromatic N) is 3. The van der Waals surface area contributed by atoms with E-state index in [1.807, 2.05) is 0 Å². The Morgan fingerprint density at radius 3 is 1.96 bits per heavy atom. The summed E-state index contributed by atoms with van der Waals surface area (Å²) in [7, 11) is 0. The topological polar surface area (TPSA) is 9.72 Å². The van der Waals surface area contributed by atoms with Gasteiger partial charge in [-0.15, -0.1) is 5.12 Å². The van der Waals surface area contributed by atoms with E-state index in [4.69, 9.17) is 11.6 Å². The molecule has 1 heterocycles. The summed E-state index contributed by atoms with van der Waals surface area (Å²) in [5, 5.41) is 8.31. The monoisotopic (exact) mass is 399 g/mol. The van der Waals surface area contributed by atoms with Crippen LogP contribution in [0.4, 0.5) is 11.4 Å². The maximum absolute atomic E-state index is 6.78. The van der Waals surface area contributed by atoms with Crippen LogP contribution in [0.3, 0.4) is 0 Å². The van der Waals surface area contributed by atoms with Gasteiger partial charge in [-0.2, -0.15) is 0 Å². The molecule has 28 heavy (non-hydrogen) atoms. The number of fused-ring (bicyclic) bond motifs is 1. The highest BCUT2D eigenvalue weighted by Gasteiger charge is 2.36. The number of halogens is 1. The van der Waals surface area contributed by atoms with Gasteiger partial charge in [-0.1, -0.05) is 82.0 Å². The molecule has 0 unspecified atom stereocenters. The van der Waals surface area contributed by atoms with Crippen LogP contribution in [0.5, 0.6) is 0 Å². The van der Waals surface area contributed by atoms with Crippen molar-refractivity contribution in [1.29, 1.82) is 0 Å². The predicted octanol–water partition coefficient (Wildman–Crippen LogP) is 7.17. The van der Waals surface area contributed by atoms with E-state index in [-0.39, 0.29) is 0 Å². The van der Waals surface area contributed by atoms with E-state index in [1.165, 1.54) is 55.5 Å². The highest BCUT2D eigenvalue weighted by Crippen LogP contribution is 2.48. The summed E-state index contributed by atoms with van der Waals surface area (Å²) in [6.45, 7) is 9.91. The van der Waals surface area contributed by atoms with E-state index in [9.17, 15) is 0 Å². The molecule has 0 N–H and O–H groups in total. The first-order chi connectivity index (χ1) is 13.7. The van der Waals surface area contributed by atoms with Crippen molar-refractivity contribution in [2.45, 2.75) is 59.3 Å². The quantitative estimate of drug-likeness (QED) is 0.419. The number of hydrogen-bond acceptors (Lipinski definition) is 3. The lowest BCUT2D eigenvalue weighted by Gasteiger charge is -2.36. The molecule has 0 atom stereocenters. The molecule has 0 saturated carbocycles. The number of hydrogen-bond donors (Lipinski definition) is 0. The number of benzene rings is 2. The predicted molar refractivity (Wildman–Crippen MR) is 123 cm³/mol. The third-order valence-electron chi connectivity index (χ3n) is 5.42. The summed E-state index contributed by atoms with van der Waals surface area (Å²) in [6.07, 6.45) is 7.12. The molecule has 152 valence electrons. The lowest BCUT2D eigenvalue weighted by Crippen LogP contribution is -2.50. The first-order valence-corrected chi connectivity index (χ1v) is 11.3. The van der Waals surface area contributed by atoms with Crippen molar-refractivity contribution in [1.82, 2.24) is 5.12 Å². The molecule has 0 bridgehead atoms. The second kappa shape index (κ2) is 10.2. The fourth-order valence-corrected chi connectivity index (χ4v) is 4.16. The van der Waals surface area contributed by atoms with Crippen LogP contribution >= 0.6 is 11.6 Å². The zero-order valence-corrected chi connectivity index (χ0v) is 18.4. The number of rotatable bonds is 10. The minimum Gasteiger partial charge on any atom is -0.286 e. The van der Waals surface area contributed by atoms with Gasteiger partial charge in [0, 0.05) is 25.2 Å². The lowest BCUT2D eigenvalue weighted by molar-refractivity contribution is 0.237. The first-order valence-electron chi connectivity index (χ1n) is 10.9. The molecule has 1 aliphatic rings. The first kappa shape index (κ1) is 21.0. The summed E-state index contributed by atoms with van der Waals surface area (Å²) in [5.41, 5.74) is 4.93. The molecular weight excluding hydrogens is 366 g/mol. The molecule has 0 amide bonds. The molecule has 0 radical (unpaired) electrons. The van der Waals surface area contributed by atoms with E-state index < -0.39 is 0 Å². The fourth-order valence-electron chi connectivity index (χ4n) is 3.89. The maximum Gasteiger partial charge on any atom is 0.0881 e. The third-order valence-corrected chi connectivity index (χ3v) is 5.74. The molecule has 0 fully saturated rings. The van der Waals surface area contributed by atoms with Crippen LogP contribution in [0.2, 0.25) is 5.02 Å². The molecule has 1 aliphatic heterocycles. The van der Waals surface area contributed by atoms with Crippen LogP contribution in [0, 0.1) is 0 Å². The zero-order valence-electron chi connectivity index (χ0n) is 17.6. The molecule has 2 aromatic rings. The third kappa shape index (κ3) is 4.31. The SMILES string of the molecule is CCCCN1c2ccc(Cl)c(-c3ccccc3)c2N(CCCC)N1CCCC. The average molecular weight is 400 g/mol. The van der Waals surface area contributed by atoms with Gasteiger partial charge in [0.25, 0.3) is 0 Å². The average Bonchev–Trinajstić information content (AvgIpc) is 3.01. The van der Waals surface area contributed by atoms with Gasteiger partial charge < -0.3 is 0 Å². The van der Waals surface area contributed by atoms with Crippen LogP contribution in [-0.2, 0) is 0 Å². The van der Waals surface area contributed by atoms with Crippen molar-refractivity contribution < 1.29 is 0 Å². The van der Waals surface area contributed by atoms with E-state index in [0.29, 0.717) is 0 Å². The summed E-state index contributed by atoms with van der Waals surface area (Å²) in [6, 6.07) is 14.9. The lowest BCUT2D eigenvalue weighted by atomic mass is 10.0. The maximum atomic E-state index is 6.78. The number of hydrazine groups is 2. The Morgan fingerprint density at radius 2 is 1.32 bits per heavy atom. The van der Waals surface area contributed by atoms with Crippen LogP contribution in [-0.4, -0.2) is 24.8 Å². The molecule has 0 saturated heterocycles. The molecule has 3 nitrogen and oxygen atoms in total. The van der Waals surface area contributed by atoms with Crippen LogP contribution in [0.25, 0.3) is 11.1 Å². The normalized spacial score (nSPS) is 14.0. The van der Waals surface area contributed by atoms with Crippen molar-refractivity contribution in [2.24, 2.45) is 0 Å². The number of unbranched alkanes of at least 4 members (excludes halogenated alkanes) is 3. The van der Waals surface area contributed by atoms with Gasteiger partial charge in [-0.05, 0) is 37.0 Å². The molecule has 3 rings (SSSR count). The smallest absolute Gasteiger partial charge is 0.0881 e. The molecule has 4 heteroatoms. The summed E-state index contributed by atoms with van der Waals surface area (Å²) < 4.78 is 0. The van der Waals surface area contributed by atoms with Crippen molar-refractivity contribution in [3.8, 4) is 11.1 Å². The highest BCUT2D eigenvalue weighted by molar-refractivity contribution is 6.34. The minimum atomic E-state index is 0.833. The Bertz CT molecular complexity index is 747. The van der Waals surface area contributed by atoms with Gasteiger partial charge in [-0.3, -0.25) is 10.0 Å². The Morgan fingerprint density at radius 1 is 0.714 bits per heavy atom. The standard InChI is InChI=1S/C24H34ClN3/c1-4-7-17-26-22-16-15-21(25)23(20-13-11-10-12-14-20)24(22)27(18-8-5-2)28(26)19-9-6-3/h10-16H,4-9,17-19H2,1-3H3. The van der Waals surface area contributed by atoms with Crippen LogP contribution < -0.4 is 10.0 Å². The van der Waals surface area contributed by atoms with Crippen molar-refractivity contribution in [3.63, 3.8) is 0 Å². The van der Waals surface area contributed by atoms with Crippen molar-refractivity contribution >= 4 is 23.0 Å². The molecule has 0 spiro atoms. The van der Waals surface area contributed by atoms with Crippen molar-refractivity contribution in [2.75, 3.05) is 29.7 Å². The van der Waals surface area contributed by atoms with E-state index in [1.54, 1.807) is 0 Å². The van der Waals surface area contributed by atoms with E-state index in [0.717, 1.165) is 30.2 Å². The Balaban J connectivity index is 2.12. The second-order valence-electron chi connectivity index (χ2n) is 7.56. The van der Waals surface area contributed by atoms with Crippen LogP contribution in [0.1, 0.15) is 59.3 Å². The number of anilines is 2. The summed E-state index contributed by atoms with van der Waals surface area (Å²) >= 11 is 6.78. The summed E-state index contributed by atoms with van der Waals surface area (Å²) in [5.74, 6) is 0. The molecule has 2 aromatic carbocycles. The molecular formula is C24H34ClN3. The van der Waals surface area contributed by atoms with Crippen LogP contribution in [0.15, 0.2) is 42.5 Å². The fraction of sp³-hybridized carbons (Fsp3) is 0.500. The minimum absolute atomic E-state index is 0.833. The Kier molecular flexibility index (Phi) is 7.64. The largest absolute Gasteiger partial charge is 0.286 e. The molecule has 0 aliphatic carbocycles. The van der Waals surface area contributed by atoms with Gasteiger partial charge in [0.2, 0.25) is 0 Å². The zero-order chi connectivity index (χ0) is 19.9. The van der Waals surface area contributed by atoms with Crippen molar-refractivity contribution in [3.05, 3.63) is 47.5 Å². The Labute approximate surface area is 175 Å². The van der Waals surface area contributed by atoms with E-state index in [2.05, 4.69) is 78.4 Å². The van der Waals surface area contributed by atoms with Gasteiger partial charge in [0.05, 0.1) is 16.4 Å². The van der Waals surface area contributed by atoms with Gasteiger partial charge in [-0.25, -0.2) is 0 Å². The highest BCUT2D eigenvalue weighted by atomic mass is 35.5.